The van der Waals surface area contributed by atoms with Crippen molar-refractivity contribution in [1.82, 2.24) is 25.0 Å². The molecule has 1 aliphatic rings. The van der Waals surface area contributed by atoms with Gasteiger partial charge < -0.3 is 15.0 Å². The number of benzene rings is 1. The lowest BCUT2D eigenvalue weighted by molar-refractivity contribution is -0.119. The summed E-state index contributed by atoms with van der Waals surface area (Å²) < 4.78 is 7.18. The fourth-order valence-corrected chi connectivity index (χ4v) is 5.09. The lowest BCUT2D eigenvalue weighted by Gasteiger charge is -2.36. The molecule has 3 unspecified atom stereocenters. The molecule has 30 heavy (non-hydrogen) atoms. The number of rotatable bonds is 8. The number of ether oxygens (including phenoxy) is 1. The van der Waals surface area contributed by atoms with E-state index in [9.17, 15) is 4.79 Å². The molecule has 1 aromatic heterocycles. The van der Waals surface area contributed by atoms with Crippen molar-refractivity contribution < 1.29 is 9.53 Å². The van der Waals surface area contributed by atoms with Crippen LogP contribution in [0.4, 0.5) is 0 Å². The number of carbonyl (C=O) groups is 1. The van der Waals surface area contributed by atoms with E-state index in [0.717, 1.165) is 48.7 Å². The number of nitrogens with one attached hydrogen (secondary N) is 1. The van der Waals surface area contributed by atoms with Crippen LogP contribution in [0, 0.1) is 18.8 Å². The summed E-state index contributed by atoms with van der Waals surface area (Å²) >= 11 is 1.40. The highest BCUT2D eigenvalue weighted by Crippen LogP contribution is 2.24. The second-order valence-electron chi connectivity index (χ2n) is 8.49. The normalized spacial score (nSPS) is 20.7. The zero-order valence-corrected chi connectivity index (χ0v) is 19.4. The van der Waals surface area contributed by atoms with Gasteiger partial charge in [-0.15, -0.1) is 10.2 Å². The van der Waals surface area contributed by atoms with Crippen molar-refractivity contribution in [1.29, 1.82) is 0 Å². The first-order chi connectivity index (χ1) is 14.4. The third kappa shape index (κ3) is 5.98. The van der Waals surface area contributed by atoms with Gasteiger partial charge in [-0.3, -0.25) is 9.36 Å². The van der Waals surface area contributed by atoms with E-state index in [1.807, 2.05) is 35.8 Å². The summed E-state index contributed by atoms with van der Waals surface area (Å²) in [4.78, 5) is 15.0. The third-order valence-corrected chi connectivity index (χ3v) is 6.27. The molecule has 0 bridgehead atoms. The van der Waals surface area contributed by atoms with Gasteiger partial charge in [0, 0.05) is 31.4 Å². The Balaban J connectivity index is 1.53. The summed E-state index contributed by atoms with van der Waals surface area (Å²) in [6.07, 6.45) is 1.29. The van der Waals surface area contributed by atoms with Crippen molar-refractivity contribution >= 4 is 17.7 Å². The number of aromatic nitrogens is 3. The molecule has 1 N–H and O–H groups in total. The van der Waals surface area contributed by atoms with Crippen LogP contribution in [0.15, 0.2) is 29.4 Å². The zero-order chi connectivity index (χ0) is 21.7. The summed E-state index contributed by atoms with van der Waals surface area (Å²) in [6.45, 7) is 11.7. The predicted octanol–water partition coefficient (Wildman–Crippen LogP) is 3.16. The maximum absolute atomic E-state index is 12.5. The van der Waals surface area contributed by atoms with Gasteiger partial charge in [-0.05, 0) is 56.4 Å². The quantitative estimate of drug-likeness (QED) is 0.648. The summed E-state index contributed by atoms with van der Waals surface area (Å²) in [6, 6.07) is 7.85. The smallest absolute Gasteiger partial charge is 0.230 e. The van der Waals surface area contributed by atoms with Crippen LogP contribution in [0.5, 0.6) is 5.75 Å². The van der Waals surface area contributed by atoms with Crippen LogP contribution in [0.1, 0.15) is 33.0 Å². The summed E-state index contributed by atoms with van der Waals surface area (Å²) in [5.41, 5.74) is 0.947. The average molecular weight is 432 g/mol. The van der Waals surface area contributed by atoms with Gasteiger partial charge in [0.15, 0.2) is 5.16 Å². The monoisotopic (exact) mass is 431 g/mol. The molecule has 0 saturated carbocycles. The number of methoxy groups -OCH3 is 1. The van der Waals surface area contributed by atoms with Crippen LogP contribution in [0.2, 0.25) is 0 Å². The molecule has 1 aliphatic heterocycles. The van der Waals surface area contributed by atoms with Gasteiger partial charge >= 0.3 is 0 Å². The van der Waals surface area contributed by atoms with Crippen LogP contribution in [0.3, 0.4) is 0 Å². The number of thioether (sulfide) groups is 1. The molecular formula is C22H33N5O2S. The van der Waals surface area contributed by atoms with E-state index in [4.69, 9.17) is 4.74 Å². The first-order valence-electron chi connectivity index (χ1n) is 10.6. The molecule has 0 radical (unpaired) electrons. The number of likely N-dealkylation sites (tertiary alicyclic amines) is 1. The fourth-order valence-electron chi connectivity index (χ4n) is 4.29. The summed E-state index contributed by atoms with van der Waals surface area (Å²) in [5, 5.41) is 12.3. The lowest BCUT2D eigenvalue weighted by Crippen LogP contribution is -2.47. The standard InChI is InChI=1S/C22H33N5O2S/c1-15-10-16(2)12-26(11-15)13-17(3)23-21(28)14-30-22-25-24-18(4)27(22)19-6-8-20(29-5)9-7-19/h6-9,15-17H,10-14H2,1-5H3,(H,23,28). The van der Waals surface area contributed by atoms with Crippen LogP contribution in [0.25, 0.3) is 5.69 Å². The second-order valence-corrected chi connectivity index (χ2v) is 9.43. The largest absolute Gasteiger partial charge is 0.497 e. The molecule has 0 aliphatic carbocycles. The second kappa shape index (κ2) is 10.3. The van der Waals surface area contributed by atoms with Gasteiger partial charge in [0.1, 0.15) is 11.6 Å². The van der Waals surface area contributed by atoms with E-state index >= 15 is 0 Å². The molecular weight excluding hydrogens is 398 g/mol. The molecule has 1 saturated heterocycles. The molecule has 1 aromatic carbocycles. The Morgan fingerprint density at radius 1 is 1.23 bits per heavy atom. The minimum atomic E-state index is 0.0209. The predicted molar refractivity (Wildman–Crippen MR) is 120 cm³/mol. The number of piperidine rings is 1. The summed E-state index contributed by atoms with van der Waals surface area (Å²) in [5.74, 6) is 3.35. The number of carbonyl (C=O) groups excluding carboxylic acids is 1. The molecule has 0 spiro atoms. The van der Waals surface area contributed by atoms with Gasteiger partial charge in [0.05, 0.1) is 12.9 Å². The highest BCUT2D eigenvalue weighted by Gasteiger charge is 2.23. The van der Waals surface area contributed by atoms with Gasteiger partial charge in [-0.1, -0.05) is 25.6 Å². The molecule has 8 heteroatoms. The van der Waals surface area contributed by atoms with Crippen molar-refractivity contribution in [3.8, 4) is 11.4 Å². The fraction of sp³-hybridized carbons (Fsp3) is 0.591. The topological polar surface area (TPSA) is 72.3 Å². The van der Waals surface area contributed by atoms with Crippen molar-refractivity contribution in [2.24, 2.45) is 11.8 Å². The van der Waals surface area contributed by atoms with Crippen LogP contribution in [-0.4, -0.2) is 64.1 Å². The minimum absolute atomic E-state index is 0.0209. The third-order valence-electron chi connectivity index (χ3n) is 5.34. The van der Waals surface area contributed by atoms with E-state index in [2.05, 4.69) is 41.2 Å². The molecule has 164 valence electrons. The van der Waals surface area contributed by atoms with Crippen LogP contribution < -0.4 is 10.1 Å². The highest BCUT2D eigenvalue weighted by molar-refractivity contribution is 7.99. The van der Waals surface area contributed by atoms with Crippen LogP contribution >= 0.6 is 11.8 Å². The maximum atomic E-state index is 12.5. The Labute approximate surface area is 183 Å². The van der Waals surface area contributed by atoms with Crippen LogP contribution in [-0.2, 0) is 4.79 Å². The Morgan fingerprint density at radius 2 is 1.90 bits per heavy atom. The van der Waals surface area contributed by atoms with E-state index in [1.54, 1.807) is 7.11 Å². The number of amides is 1. The molecule has 3 atom stereocenters. The van der Waals surface area contributed by atoms with Gasteiger partial charge in [0.25, 0.3) is 0 Å². The van der Waals surface area contributed by atoms with Crippen molar-refractivity contribution in [3.05, 3.63) is 30.1 Å². The van der Waals surface area contributed by atoms with E-state index in [1.165, 1.54) is 18.2 Å². The molecule has 2 aromatic rings. The van der Waals surface area contributed by atoms with E-state index in [0.29, 0.717) is 10.9 Å². The van der Waals surface area contributed by atoms with Crippen molar-refractivity contribution in [2.45, 2.75) is 45.3 Å². The Hall–Kier alpha value is -2.06. The van der Waals surface area contributed by atoms with Gasteiger partial charge in [-0.25, -0.2) is 0 Å². The highest BCUT2D eigenvalue weighted by atomic mass is 32.2. The Morgan fingerprint density at radius 3 is 2.53 bits per heavy atom. The Kier molecular flexibility index (Phi) is 7.77. The average Bonchev–Trinajstić information content (AvgIpc) is 3.06. The minimum Gasteiger partial charge on any atom is -0.497 e. The molecule has 1 fully saturated rings. The first-order valence-corrected chi connectivity index (χ1v) is 11.5. The van der Waals surface area contributed by atoms with Crippen molar-refractivity contribution in [2.75, 3.05) is 32.5 Å². The van der Waals surface area contributed by atoms with Gasteiger partial charge in [0.2, 0.25) is 5.91 Å². The lowest BCUT2D eigenvalue weighted by atomic mass is 9.92. The Bertz CT molecular complexity index is 829. The zero-order valence-electron chi connectivity index (χ0n) is 18.6. The number of hydrogen-bond donors (Lipinski definition) is 1. The first kappa shape index (κ1) is 22.6. The molecule has 1 amide bonds. The number of nitrogens with zero attached hydrogens (tertiary/aromatic N) is 4. The SMILES string of the molecule is COc1ccc(-n2c(C)nnc2SCC(=O)NC(C)CN2CC(C)CC(C)C2)cc1. The number of hydrogen-bond acceptors (Lipinski definition) is 6. The van der Waals surface area contributed by atoms with E-state index < -0.39 is 0 Å². The number of aryl methyl sites for hydroxylation is 1. The molecule has 7 nitrogen and oxygen atoms in total. The molecule has 3 rings (SSSR count). The molecule has 2 heterocycles. The maximum Gasteiger partial charge on any atom is 0.230 e. The van der Waals surface area contributed by atoms with Gasteiger partial charge in [-0.2, -0.15) is 0 Å². The van der Waals surface area contributed by atoms with E-state index in [-0.39, 0.29) is 11.9 Å². The van der Waals surface area contributed by atoms with Crippen molar-refractivity contribution in [3.63, 3.8) is 0 Å². The summed E-state index contributed by atoms with van der Waals surface area (Å²) in [7, 11) is 1.65.